The highest BCUT2D eigenvalue weighted by molar-refractivity contribution is 6.30. The standard InChI is InChI=1S/C22H23ClF2O/c1-13-14-8-9-17(13)19(12-26-21-7-3-6-20(24)22(21)25)18(11-14)15-4-2-5-16(23)10-15/h2-7,10,13-14,17-19H,8-9,11-12H2,1H3/t13?,14?,17?,18-,19-/m1/s1. The van der Waals surface area contributed by atoms with Gasteiger partial charge in [-0.25, -0.2) is 4.39 Å². The highest BCUT2D eigenvalue weighted by atomic mass is 35.5. The molecule has 2 aromatic carbocycles. The summed E-state index contributed by atoms with van der Waals surface area (Å²) in [6.45, 7) is 2.73. The molecule has 4 heteroatoms. The van der Waals surface area contributed by atoms with Gasteiger partial charge in [-0.1, -0.05) is 36.7 Å². The molecule has 2 saturated carbocycles. The molecule has 5 atom stereocenters. The number of hydrogen-bond acceptors (Lipinski definition) is 1. The van der Waals surface area contributed by atoms with Crippen LogP contribution in [0.15, 0.2) is 42.5 Å². The molecule has 1 nitrogen and oxygen atoms in total. The topological polar surface area (TPSA) is 9.23 Å². The van der Waals surface area contributed by atoms with Crippen LogP contribution in [0.5, 0.6) is 5.75 Å². The molecule has 2 aliphatic carbocycles. The quantitative estimate of drug-likeness (QED) is 0.594. The van der Waals surface area contributed by atoms with Gasteiger partial charge in [0.25, 0.3) is 0 Å². The van der Waals surface area contributed by atoms with Crippen molar-refractivity contribution < 1.29 is 13.5 Å². The highest BCUT2D eigenvalue weighted by Crippen LogP contribution is 2.55. The van der Waals surface area contributed by atoms with Crippen molar-refractivity contribution in [1.82, 2.24) is 0 Å². The maximum atomic E-state index is 14.0. The third-order valence-electron chi connectivity index (χ3n) is 6.54. The maximum Gasteiger partial charge on any atom is 0.200 e. The van der Waals surface area contributed by atoms with Gasteiger partial charge in [0.2, 0.25) is 5.82 Å². The third-order valence-corrected chi connectivity index (χ3v) is 6.77. The predicted octanol–water partition coefficient (Wildman–Crippen LogP) is 6.46. The summed E-state index contributed by atoms with van der Waals surface area (Å²) in [7, 11) is 0. The van der Waals surface area contributed by atoms with E-state index in [2.05, 4.69) is 13.0 Å². The van der Waals surface area contributed by atoms with E-state index in [0.717, 1.165) is 23.4 Å². The van der Waals surface area contributed by atoms with E-state index in [4.69, 9.17) is 16.3 Å². The second-order valence-corrected chi connectivity index (χ2v) is 8.22. The molecule has 26 heavy (non-hydrogen) atoms. The fourth-order valence-corrected chi connectivity index (χ4v) is 5.36. The van der Waals surface area contributed by atoms with Crippen LogP contribution < -0.4 is 4.74 Å². The normalized spacial score (nSPS) is 30.4. The van der Waals surface area contributed by atoms with Crippen molar-refractivity contribution >= 4 is 11.6 Å². The van der Waals surface area contributed by atoms with Crippen LogP contribution in [0.25, 0.3) is 0 Å². The lowest BCUT2D eigenvalue weighted by molar-refractivity contribution is 0.0884. The molecule has 0 saturated heterocycles. The molecule has 3 unspecified atom stereocenters. The van der Waals surface area contributed by atoms with Gasteiger partial charge < -0.3 is 4.74 Å². The molecule has 2 bridgehead atoms. The zero-order chi connectivity index (χ0) is 18.3. The Morgan fingerprint density at radius 2 is 1.92 bits per heavy atom. The molecule has 2 aliphatic rings. The Morgan fingerprint density at radius 3 is 2.73 bits per heavy atom. The van der Waals surface area contributed by atoms with Crippen molar-refractivity contribution in [3.05, 3.63) is 64.7 Å². The zero-order valence-corrected chi connectivity index (χ0v) is 15.6. The molecule has 2 fully saturated rings. The van der Waals surface area contributed by atoms with Crippen LogP contribution in [-0.4, -0.2) is 6.61 Å². The van der Waals surface area contributed by atoms with Crippen LogP contribution in [0.4, 0.5) is 8.78 Å². The summed E-state index contributed by atoms with van der Waals surface area (Å²) >= 11 is 6.22. The number of hydrogen-bond donors (Lipinski definition) is 0. The van der Waals surface area contributed by atoms with Gasteiger partial charge in [-0.2, -0.15) is 4.39 Å². The molecule has 0 N–H and O–H groups in total. The Balaban J connectivity index is 1.60. The minimum Gasteiger partial charge on any atom is -0.490 e. The molecule has 2 aromatic rings. The molecule has 0 radical (unpaired) electrons. The lowest BCUT2D eigenvalue weighted by Crippen LogP contribution is -2.36. The van der Waals surface area contributed by atoms with Gasteiger partial charge >= 0.3 is 0 Å². The molecule has 0 spiro atoms. The summed E-state index contributed by atoms with van der Waals surface area (Å²) in [6.07, 6.45) is 3.54. The maximum absolute atomic E-state index is 14.0. The summed E-state index contributed by atoms with van der Waals surface area (Å²) in [5.41, 5.74) is 1.23. The fraction of sp³-hybridized carbons (Fsp3) is 0.455. The van der Waals surface area contributed by atoms with Gasteiger partial charge in [0.15, 0.2) is 11.6 Å². The van der Waals surface area contributed by atoms with E-state index in [9.17, 15) is 8.78 Å². The average molecular weight is 377 g/mol. The van der Waals surface area contributed by atoms with Gasteiger partial charge in [0, 0.05) is 10.9 Å². The first-order valence-corrected chi connectivity index (χ1v) is 9.74. The Labute approximate surface area is 158 Å². The van der Waals surface area contributed by atoms with Gasteiger partial charge in [-0.05, 0) is 72.8 Å². The average Bonchev–Trinajstić information content (AvgIpc) is 2.87. The number of fused-ring (bicyclic) bond motifs is 2. The van der Waals surface area contributed by atoms with Crippen molar-refractivity contribution in [1.29, 1.82) is 0 Å². The van der Waals surface area contributed by atoms with Crippen molar-refractivity contribution in [2.24, 2.45) is 23.7 Å². The summed E-state index contributed by atoms with van der Waals surface area (Å²) in [5, 5.41) is 0.740. The fourth-order valence-electron chi connectivity index (χ4n) is 5.16. The second kappa shape index (κ2) is 7.19. The Bertz CT molecular complexity index is 793. The number of benzene rings is 2. The van der Waals surface area contributed by atoms with Crippen molar-refractivity contribution in [3.8, 4) is 5.75 Å². The van der Waals surface area contributed by atoms with Gasteiger partial charge in [-0.3, -0.25) is 0 Å². The number of halogens is 3. The largest absolute Gasteiger partial charge is 0.490 e. The predicted molar refractivity (Wildman–Crippen MR) is 99.5 cm³/mol. The first-order valence-electron chi connectivity index (χ1n) is 9.37. The van der Waals surface area contributed by atoms with Gasteiger partial charge in [0.1, 0.15) is 0 Å². The van der Waals surface area contributed by atoms with E-state index < -0.39 is 11.6 Å². The first kappa shape index (κ1) is 17.8. The summed E-state index contributed by atoms with van der Waals surface area (Å²) < 4.78 is 33.2. The molecule has 0 amide bonds. The van der Waals surface area contributed by atoms with E-state index in [1.807, 2.05) is 18.2 Å². The molecule has 138 valence electrons. The summed E-state index contributed by atoms with van der Waals surface area (Å²) in [4.78, 5) is 0. The molecular weight excluding hydrogens is 354 g/mol. The van der Waals surface area contributed by atoms with Crippen LogP contribution in [0.3, 0.4) is 0 Å². The Morgan fingerprint density at radius 1 is 1.12 bits per heavy atom. The lowest BCUT2D eigenvalue weighted by atomic mass is 9.65. The second-order valence-electron chi connectivity index (χ2n) is 7.78. The minimum atomic E-state index is -0.903. The van der Waals surface area contributed by atoms with Crippen LogP contribution >= 0.6 is 11.6 Å². The van der Waals surface area contributed by atoms with Crippen LogP contribution in [0.2, 0.25) is 5.02 Å². The Kier molecular flexibility index (Phi) is 4.92. The minimum absolute atomic E-state index is 0.00242. The Hall–Kier alpha value is -1.61. The molecule has 0 aliphatic heterocycles. The van der Waals surface area contributed by atoms with E-state index in [1.165, 1.54) is 30.5 Å². The van der Waals surface area contributed by atoms with E-state index in [-0.39, 0.29) is 11.7 Å². The highest BCUT2D eigenvalue weighted by Gasteiger charge is 2.47. The number of rotatable bonds is 4. The van der Waals surface area contributed by atoms with E-state index in [1.54, 1.807) is 0 Å². The zero-order valence-electron chi connectivity index (χ0n) is 14.8. The third kappa shape index (κ3) is 3.22. The SMILES string of the molecule is CC1C2CCC1[C@@H](COc1cccc(F)c1F)[C@@H](c1cccc(Cl)c1)C2. The molecule has 0 aromatic heterocycles. The van der Waals surface area contributed by atoms with Crippen molar-refractivity contribution in [3.63, 3.8) is 0 Å². The van der Waals surface area contributed by atoms with Crippen molar-refractivity contribution in [2.75, 3.05) is 6.61 Å². The van der Waals surface area contributed by atoms with Gasteiger partial charge in [0.05, 0.1) is 6.61 Å². The van der Waals surface area contributed by atoms with E-state index in [0.29, 0.717) is 24.4 Å². The molecular formula is C22H23ClF2O. The van der Waals surface area contributed by atoms with Crippen molar-refractivity contribution in [2.45, 2.75) is 32.1 Å². The summed E-state index contributed by atoms with van der Waals surface area (Å²) in [6, 6.07) is 12.1. The van der Waals surface area contributed by atoms with Gasteiger partial charge in [-0.15, -0.1) is 0 Å². The van der Waals surface area contributed by atoms with E-state index >= 15 is 0 Å². The summed E-state index contributed by atoms with van der Waals surface area (Å²) in [5.74, 6) is 0.787. The molecule has 0 heterocycles. The van der Waals surface area contributed by atoms with Crippen LogP contribution in [0.1, 0.15) is 37.7 Å². The van der Waals surface area contributed by atoms with Crippen LogP contribution in [-0.2, 0) is 0 Å². The molecule has 4 rings (SSSR count). The lowest BCUT2D eigenvalue weighted by Gasteiger charge is -2.41. The monoisotopic (exact) mass is 376 g/mol. The number of ether oxygens (including phenoxy) is 1. The van der Waals surface area contributed by atoms with Crippen LogP contribution in [0, 0.1) is 35.3 Å². The first-order chi connectivity index (χ1) is 12.5. The smallest absolute Gasteiger partial charge is 0.200 e.